The van der Waals surface area contributed by atoms with E-state index >= 15 is 0 Å². The van der Waals surface area contributed by atoms with E-state index in [9.17, 15) is 14.6 Å². The highest BCUT2D eigenvalue weighted by Crippen LogP contribution is 2.13. The summed E-state index contributed by atoms with van der Waals surface area (Å²) in [6.45, 7) is 6.96. The summed E-state index contributed by atoms with van der Waals surface area (Å²) < 4.78 is 10.8. The van der Waals surface area contributed by atoms with Gasteiger partial charge in [0.2, 0.25) is 5.91 Å². The average Bonchev–Trinajstić information content (AvgIpc) is 2.79. The number of carboxylic acids is 1. The number of unbranched alkanes of at least 4 members (excludes halogenated alkanes) is 1. The molecule has 1 heterocycles. The molecule has 29 heavy (non-hydrogen) atoms. The quantitative estimate of drug-likeness (QED) is 0.127. The summed E-state index contributed by atoms with van der Waals surface area (Å²) in [5.41, 5.74) is 6.02. The van der Waals surface area contributed by atoms with Gasteiger partial charge in [-0.15, -0.1) is 0 Å². The maximum absolute atomic E-state index is 12.2. The first kappa shape index (κ1) is 24.7. The highest BCUT2D eigenvalue weighted by Gasteiger charge is 2.32. The van der Waals surface area contributed by atoms with E-state index in [-0.39, 0.29) is 18.7 Å². The van der Waals surface area contributed by atoms with Gasteiger partial charge in [-0.1, -0.05) is 30.9 Å². The van der Waals surface area contributed by atoms with Gasteiger partial charge in [-0.2, -0.15) is 0 Å². The van der Waals surface area contributed by atoms with E-state index < -0.39 is 25.1 Å². The minimum Gasteiger partial charge on any atom is -0.498 e. The van der Waals surface area contributed by atoms with Gasteiger partial charge in [-0.05, 0) is 44.4 Å². The van der Waals surface area contributed by atoms with Crippen molar-refractivity contribution in [1.29, 1.82) is 0 Å². The lowest BCUT2D eigenvalue weighted by Gasteiger charge is -2.20. The number of hydrogen-bond donors (Lipinski definition) is 4. The van der Waals surface area contributed by atoms with Crippen molar-refractivity contribution in [3.63, 3.8) is 0 Å². The number of aliphatic carboxylic acids is 1. The van der Waals surface area contributed by atoms with Gasteiger partial charge in [0.15, 0.2) is 0 Å². The Balaban J connectivity index is 2.40. The second kappa shape index (κ2) is 13.8. The molecule has 0 bridgehead atoms. The van der Waals surface area contributed by atoms with Crippen molar-refractivity contribution < 1.29 is 29.1 Å². The SMILES string of the molecule is C=C(/C=C\C=C(/C)OCCCCN)CC(=O)N[C@H]1CC=C[C@H](CC(=O)O)OB1O. The van der Waals surface area contributed by atoms with Gasteiger partial charge >= 0.3 is 13.1 Å². The Morgan fingerprint density at radius 2 is 2.21 bits per heavy atom. The first-order valence-corrected chi connectivity index (χ1v) is 9.68. The molecule has 160 valence electrons. The lowest BCUT2D eigenvalue weighted by molar-refractivity contribution is -0.138. The predicted octanol–water partition coefficient (Wildman–Crippen LogP) is 1.47. The number of nitrogens with one attached hydrogen (secondary N) is 1. The zero-order chi connectivity index (χ0) is 21.6. The molecule has 8 nitrogen and oxygen atoms in total. The standard InChI is InChI=1S/C20H31BN2O6/c1-15(7-5-8-16(2)28-12-4-3-11-22)13-19(24)23-18-10-6-9-17(14-20(25)26)29-21(18)27/h5-9,17-18,27H,1,3-4,10-14,22H2,2H3,(H,23,24)(H,25,26)/b7-5-,16-8+/t17-,18+/m1/s1. The second-order valence-electron chi connectivity index (χ2n) is 6.82. The number of rotatable bonds is 12. The molecule has 1 aliphatic rings. The summed E-state index contributed by atoms with van der Waals surface area (Å²) >= 11 is 0. The number of amides is 1. The van der Waals surface area contributed by atoms with Crippen LogP contribution in [0.1, 0.15) is 39.0 Å². The molecular formula is C20H31BN2O6. The molecule has 0 aliphatic carbocycles. The molecule has 1 amide bonds. The van der Waals surface area contributed by atoms with Gasteiger partial charge in [-0.25, -0.2) is 0 Å². The number of ether oxygens (including phenoxy) is 1. The van der Waals surface area contributed by atoms with Crippen LogP contribution in [0.2, 0.25) is 0 Å². The van der Waals surface area contributed by atoms with Gasteiger partial charge in [0.25, 0.3) is 0 Å². The van der Waals surface area contributed by atoms with Crippen molar-refractivity contribution >= 4 is 19.0 Å². The molecule has 0 radical (unpaired) electrons. The van der Waals surface area contributed by atoms with E-state index in [1.165, 1.54) is 0 Å². The zero-order valence-corrected chi connectivity index (χ0v) is 16.9. The van der Waals surface area contributed by atoms with Crippen LogP contribution in [0.3, 0.4) is 0 Å². The molecule has 0 aromatic heterocycles. The monoisotopic (exact) mass is 406 g/mol. The van der Waals surface area contributed by atoms with E-state index in [0.29, 0.717) is 25.1 Å². The molecule has 0 fully saturated rings. The third-order valence-corrected chi connectivity index (χ3v) is 4.10. The molecule has 0 spiro atoms. The van der Waals surface area contributed by atoms with E-state index in [1.54, 1.807) is 30.4 Å². The van der Waals surface area contributed by atoms with Crippen molar-refractivity contribution in [2.45, 2.75) is 51.1 Å². The lowest BCUT2D eigenvalue weighted by atomic mass is 9.77. The van der Waals surface area contributed by atoms with E-state index in [2.05, 4.69) is 11.9 Å². The van der Waals surface area contributed by atoms with Crippen molar-refractivity contribution in [2.24, 2.45) is 5.73 Å². The Bertz CT molecular complexity index is 647. The summed E-state index contributed by atoms with van der Waals surface area (Å²) in [5, 5.41) is 21.6. The Morgan fingerprint density at radius 1 is 1.45 bits per heavy atom. The van der Waals surface area contributed by atoms with Crippen LogP contribution >= 0.6 is 0 Å². The third-order valence-electron chi connectivity index (χ3n) is 4.10. The predicted molar refractivity (Wildman–Crippen MR) is 112 cm³/mol. The number of allylic oxidation sites excluding steroid dienone is 4. The van der Waals surface area contributed by atoms with Gasteiger partial charge in [0.05, 0.1) is 37.3 Å². The van der Waals surface area contributed by atoms with Crippen molar-refractivity contribution in [2.75, 3.05) is 13.2 Å². The molecule has 0 aromatic rings. The van der Waals surface area contributed by atoms with Crippen molar-refractivity contribution in [3.05, 3.63) is 48.3 Å². The fourth-order valence-corrected chi connectivity index (χ4v) is 2.60. The number of carbonyl (C=O) groups excluding carboxylic acids is 1. The smallest absolute Gasteiger partial charge is 0.478 e. The summed E-state index contributed by atoms with van der Waals surface area (Å²) in [4.78, 5) is 23.0. The van der Waals surface area contributed by atoms with Crippen molar-refractivity contribution in [3.8, 4) is 0 Å². The molecule has 0 saturated carbocycles. The fraction of sp³-hybridized carbons (Fsp3) is 0.500. The Kier molecular flexibility index (Phi) is 11.7. The number of carboxylic acid groups (broad SMARTS) is 1. The maximum atomic E-state index is 12.2. The van der Waals surface area contributed by atoms with Crippen LogP contribution in [0.4, 0.5) is 0 Å². The van der Waals surface area contributed by atoms with Crippen molar-refractivity contribution in [1.82, 2.24) is 5.32 Å². The van der Waals surface area contributed by atoms with Gasteiger partial charge < -0.3 is 30.6 Å². The highest BCUT2D eigenvalue weighted by atomic mass is 16.5. The van der Waals surface area contributed by atoms with Crippen LogP contribution in [0.15, 0.2) is 48.3 Å². The summed E-state index contributed by atoms with van der Waals surface area (Å²) in [7, 11) is -1.29. The van der Waals surface area contributed by atoms with Crippen LogP contribution in [0.5, 0.6) is 0 Å². The summed E-state index contributed by atoms with van der Waals surface area (Å²) in [6, 6.07) is 0. The zero-order valence-electron chi connectivity index (χ0n) is 16.9. The molecule has 9 heteroatoms. The van der Waals surface area contributed by atoms with Crippen LogP contribution in [0.25, 0.3) is 0 Å². The second-order valence-corrected chi connectivity index (χ2v) is 6.82. The lowest BCUT2D eigenvalue weighted by Crippen LogP contribution is -2.48. The molecular weight excluding hydrogens is 375 g/mol. The number of nitrogens with two attached hydrogens (primary N) is 1. The van der Waals surface area contributed by atoms with Gasteiger partial charge in [0.1, 0.15) is 0 Å². The Hall–Kier alpha value is -2.36. The minimum absolute atomic E-state index is 0.0617. The number of carbonyl (C=O) groups is 2. The van der Waals surface area contributed by atoms with Crippen LogP contribution < -0.4 is 11.1 Å². The first-order valence-electron chi connectivity index (χ1n) is 9.68. The Labute approximate surface area is 172 Å². The fourth-order valence-electron chi connectivity index (χ4n) is 2.60. The van der Waals surface area contributed by atoms with E-state index in [1.807, 2.05) is 6.92 Å². The summed E-state index contributed by atoms with van der Waals surface area (Å²) in [6.07, 6.45) is 9.80. The topological polar surface area (TPSA) is 131 Å². The van der Waals surface area contributed by atoms with E-state index in [4.69, 9.17) is 20.2 Å². The highest BCUT2D eigenvalue weighted by molar-refractivity contribution is 6.45. The maximum Gasteiger partial charge on any atom is 0.478 e. The summed E-state index contributed by atoms with van der Waals surface area (Å²) in [5.74, 6) is -1.23. The molecule has 0 unspecified atom stereocenters. The van der Waals surface area contributed by atoms with Crippen LogP contribution in [-0.4, -0.2) is 54.3 Å². The Morgan fingerprint density at radius 3 is 2.90 bits per heavy atom. The minimum atomic E-state index is -1.29. The van der Waals surface area contributed by atoms with E-state index in [0.717, 1.165) is 18.6 Å². The molecule has 2 atom stereocenters. The molecule has 0 saturated heterocycles. The normalized spacial score (nSPS) is 19.8. The molecule has 1 aliphatic heterocycles. The first-order chi connectivity index (χ1) is 13.8. The molecule has 5 N–H and O–H groups in total. The largest absolute Gasteiger partial charge is 0.498 e. The molecule has 0 aromatic carbocycles. The van der Waals surface area contributed by atoms with Gasteiger partial charge in [-0.3, -0.25) is 9.59 Å². The average molecular weight is 406 g/mol. The molecule has 1 rings (SSSR count). The number of hydrogen-bond acceptors (Lipinski definition) is 6. The van der Waals surface area contributed by atoms with Crippen LogP contribution in [-0.2, 0) is 19.0 Å². The van der Waals surface area contributed by atoms with Gasteiger partial charge in [0, 0.05) is 0 Å². The van der Waals surface area contributed by atoms with Crippen LogP contribution in [0, 0.1) is 0 Å². The third kappa shape index (κ3) is 11.3.